The van der Waals surface area contributed by atoms with E-state index in [1.54, 1.807) is 23.5 Å². The third kappa shape index (κ3) is 5.17. The Labute approximate surface area is 160 Å². The van der Waals surface area contributed by atoms with Crippen LogP contribution in [0.2, 0.25) is 0 Å². The Kier molecular flexibility index (Phi) is 5.48. The van der Waals surface area contributed by atoms with E-state index in [-0.39, 0.29) is 12.8 Å². The van der Waals surface area contributed by atoms with Crippen molar-refractivity contribution in [3.8, 4) is 0 Å². The van der Waals surface area contributed by atoms with Gasteiger partial charge in [0.25, 0.3) is 0 Å². The van der Waals surface area contributed by atoms with Gasteiger partial charge in [-0.2, -0.15) is 0 Å². The molecule has 2 rings (SSSR count). The Hall–Kier alpha value is -1.16. The van der Waals surface area contributed by atoms with Crippen LogP contribution < -0.4 is 0 Å². The molecule has 0 fully saturated rings. The first-order chi connectivity index (χ1) is 13.1. The number of benzene rings is 2. The molecule has 2 aromatic rings. The Bertz CT molecular complexity index is 734. The fraction of sp³-hybridized carbons (Fsp3) is 0.333. The van der Waals surface area contributed by atoms with Crippen LogP contribution in [0.25, 0.3) is 0 Å². The van der Waals surface area contributed by atoms with Crippen LogP contribution in [0.1, 0.15) is 23.0 Å². The van der Waals surface area contributed by atoms with Gasteiger partial charge in [-0.15, -0.1) is 30.1 Å². The molecule has 1 nitrogen and oxygen atoms in total. The summed E-state index contributed by atoms with van der Waals surface area (Å²) in [5.74, 6) is 0. The van der Waals surface area contributed by atoms with Crippen LogP contribution in [0.15, 0.2) is 71.0 Å². The minimum Gasteiger partial charge on any atom is -0.396 e. The van der Waals surface area contributed by atoms with Crippen molar-refractivity contribution in [3.05, 3.63) is 72.3 Å². The van der Waals surface area contributed by atoms with E-state index >= 15 is 0 Å². The van der Waals surface area contributed by atoms with E-state index < -0.39 is 18.3 Å². The fourth-order valence-corrected chi connectivity index (χ4v) is 3.49. The zero-order valence-corrected chi connectivity index (χ0v) is 15.7. The molecular weight excluding hydrogens is 332 g/mol. The predicted octanol–water partition coefficient (Wildman–Crippen LogP) is 5.47. The lowest BCUT2D eigenvalue weighted by atomic mass is 9.74. The second-order valence-electron chi connectivity index (χ2n) is 5.65. The fourth-order valence-electron chi connectivity index (χ4n) is 2.67. The molecule has 1 N–H and O–H groups in total. The third-order valence-corrected chi connectivity index (χ3v) is 5.54. The van der Waals surface area contributed by atoms with Gasteiger partial charge in [0.15, 0.2) is 0 Å². The zero-order valence-electron chi connectivity index (χ0n) is 18.1. The summed E-state index contributed by atoms with van der Waals surface area (Å²) in [5.41, 5.74) is 0.408. The molecule has 0 atom stereocenters. The molecule has 0 bridgehead atoms. The van der Waals surface area contributed by atoms with Crippen molar-refractivity contribution in [3.63, 3.8) is 0 Å². The minimum atomic E-state index is -3.01. The van der Waals surface area contributed by atoms with Crippen LogP contribution in [-0.2, 0) is 12.8 Å². The molecule has 2 aromatic carbocycles. The molecular formula is C21H26OS2. The van der Waals surface area contributed by atoms with Crippen molar-refractivity contribution in [2.24, 2.45) is 5.41 Å². The van der Waals surface area contributed by atoms with Gasteiger partial charge in [0.2, 0.25) is 0 Å². The van der Waals surface area contributed by atoms with Gasteiger partial charge in [0, 0.05) is 19.1 Å². The first kappa shape index (κ1) is 14.1. The average Bonchev–Trinajstić information content (AvgIpc) is 2.67. The molecule has 0 aliphatic rings. The zero-order chi connectivity index (χ0) is 21.0. The molecule has 0 aliphatic heterocycles. The maximum absolute atomic E-state index is 10.0. The van der Waals surface area contributed by atoms with Crippen molar-refractivity contribution < 1.29 is 10.6 Å². The lowest BCUT2D eigenvalue weighted by Gasteiger charge is -2.30. The molecule has 0 unspecified atom stereocenters. The molecule has 3 heteroatoms. The molecule has 0 amide bonds. The van der Waals surface area contributed by atoms with Gasteiger partial charge in [-0.25, -0.2) is 0 Å². The Balaban J connectivity index is 2.49. The number of hydrogen-bond acceptors (Lipinski definition) is 3. The average molecular weight is 363 g/mol. The van der Waals surface area contributed by atoms with E-state index in [1.165, 1.54) is 6.08 Å². The highest BCUT2D eigenvalue weighted by molar-refractivity contribution is 7.98. The highest BCUT2D eigenvalue weighted by Gasteiger charge is 2.27. The van der Waals surface area contributed by atoms with Crippen LogP contribution in [0.5, 0.6) is 0 Å². The smallest absolute Gasteiger partial charge is 0.0564 e. The van der Waals surface area contributed by atoms with Crippen molar-refractivity contribution in [2.75, 3.05) is 19.1 Å². The van der Waals surface area contributed by atoms with E-state index in [2.05, 4.69) is 6.58 Å². The van der Waals surface area contributed by atoms with Crippen molar-refractivity contribution in [1.29, 1.82) is 0 Å². The first-order valence-corrected chi connectivity index (χ1v) is 10.2. The van der Waals surface area contributed by atoms with E-state index in [9.17, 15) is 5.11 Å². The van der Waals surface area contributed by atoms with Gasteiger partial charge in [0.05, 0.1) is 2.74 Å². The maximum Gasteiger partial charge on any atom is 0.0564 e. The van der Waals surface area contributed by atoms with Gasteiger partial charge in [-0.1, -0.05) is 30.3 Å². The molecule has 0 aliphatic carbocycles. The maximum atomic E-state index is 10.0. The number of rotatable bonds is 9. The quantitative estimate of drug-likeness (QED) is 0.472. The van der Waals surface area contributed by atoms with Crippen LogP contribution in [0, 0.1) is 5.41 Å². The van der Waals surface area contributed by atoms with E-state index in [4.69, 9.17) is 5.48 Å². The number of aliphatic hydroxyl groups is 1. The summed E-state index contributed by atoms with van der Waals surface area (Å²) in [6.45, 7) is 0.832. The predicted molar refractivity (Wildman–Crippen MR) is 108 cm³/mol. The van der Waals surface area contributed by atoms with E-state index in [1.807, 2.05) is 61.0 Å². The normalized spacial score (nSPS) is 15.1. The van der Waals surface area contributed by atoms with Crippen molar-refractivity contribution in [1.82, 2.24) is 0 Å². The molecule has 128 valence electrons. The molecule has 0 heterocycles. The second kappa shape index (κ2) is 9.36. The highest BCUT2D eigenvalue weighted by Crippen LogP contribution is 2.34. The Morgan fingerprint density at radius 1 is 0.958 bits per heavy atom. The largest absolute Gasteiger partial charge is 0.396 e. The Morgan fingerprint density at radius 2 is 1.38 bits per heavy atom. The lowest BCUT2D eigenvalue weighted by Crippen LogP contribution is -2.25. The topological polar surface area (TPSA) is 20.2 Å². The first-order valence-electron chi connectivity index (χ1n) is 9.70. The summed E-state index contributed by atoms with van der Waals surface area (Å²) < 4.78 is 32.5. The van der Waals surface area contributed by atoms with Crippen LogP contribution in [-0.4, -0.2) is 24.2 Å². The van der Waals surface area contributed by atoms with Gasteiger partial charge in [0.1, 0.15) is 0 Å². The van der Waals surface area contributed by atoms with Crippen LogP contribution >= 0.6 is 23.5 Å². The van der Waals surface area contributed by atoms with Gasteiger partial charge < -0.3 is 5.11 Å². The van der Waals surface area contributed by atoms with Gasteiger partial charge in [-0.3, -0.25) is 0 Å². The lowest BCUT2D eigenvalue weighted by molar-refractivity contribution is 0.217. The molecule has 0 radical (unpaired) electrons. The number of allylic oxidation sites excluding steroid dienone is 1. The van der Waals surface area contributed by atoms with Crippen molar-refractivity contribution in [2.45, 2.75) is 29.0 Å². The van der Waals surface area contributed by atoms with Crippen molar-refractivity contribution >= 4 is 23.5 Å². The molecule has 24 heavy (non-hydrogen) atoms. The number of thioether (sulfide) groups is 2. The van der Waals surface area contributed by atoms with Gasteiger partial charge >= 0.3 is 0 Å². The second-order valence-corrected chi connectivity index (χ2v) is 7.41. The molecule has 0 saturated carbocycles. The summed E-state index contributed by atoms with van der Waals surface area (Å²) in [4.78, 5) is 2.20. The SMILES string of the molecule is [2H]C([2H])(O)C([2H])([2H])C(C=C)(Cc1ccc(SC)cc1)Cc1ccc(SC)cc1. The third-order valence-electron chi connectivity index (χ3n) is 4.05. The minimum absolute atomic E-state index is 0.225. The summed E-state index contributed by atoms with van der Waals surface area (Å²) in [5, 5.41) is 10.0. The highest BCUT2D eigenvalue weighted by atomic mass is 32.2. The van der Waals surface area contributed by atoms with Gasteiger partial charge in [-0.05, 0) is 72.5 Å². The van der Waals surface area contributed by atoms with Crippen LogP contribution in [0.4, 0.5) is 0 Å². The molecule has 0 aromatic heterocycles. The van der Waals surface area contributed by atoms with Crippen LogP contribution in [0.3, 0.4) is 0 Å². The molecule has 0 spiro atoms. The number of hydrogen-bond donors (Lipinski definition) is 1. The van der Waals surface area contributed by atoms with E-state index in [0.29, 0.717) is 0 Å². The monoisotopic (exact) mass is 362 g/mol. The summed E-state index contributed by atoms with van der Waals surface area (Å²) in [6, 6.07) is 15.5. The summed E-state index contributed by atoms with van der Waals surface area (Å²) in [7, 11) is 0. The standard InChI is InChI=1S/C21H26OS2/c1-4-21(13-14-22,15-17-5-9-19(23-2)10-6-17)16-18-7-11-20(24-3)12-8-18/h4-12,22H,1,13-16H2,2-3H3/i13D2,14D2. The molecule has 0 saturated heterocycles. The summed E-state index contributed by atoms with van der Waals surface area (Å²) in [6.07, 6.45) is 3.34. The summed E-state index contributed by atoms with van der Waals surface area (Å²) >= 11 is 3.24. The van der Waals surface area contributed by atoms with E-state index in [0.717, 1.165) is 20.9 Å². The Morgan fingerprint density at radius 3 is 1.67 bits per heavy atom.